The van der Waals surface area contributed by atoms with Crippen LogP contribution in [0, 0.1) is 6.92 Å². The average Bonchev–Trinajstić information content (AvgIpc) is 2.68. The maximum atomic E-state index is 5.78. The molecule has 0 aliphatic heterocycles. The van der Waals surface area contributed by atoms with Crippen LogP contribution in [0.3, 0.4) is 0 Å². The van der Waals surface area contributed by atoms with Gasteiger partial charge in [-0.15, -0.1) is 11.3 Å². The lowest BCUT2D eigenvalue weighted by Gasteiger charge is -2.11. The van der Waals surface area contributed by atoms with Crippen molar-refractivity contribution in [1.29, 1.82) is 0 Å². The van der Waals surface area contributed by atoms with Gasteiger partial charge in [-0.3, -0.25) is 4.98 Å². The van der Waals surface area contributed by atoms with Crippen molar-refractivity contribution in [3.63, 3.8) is 0 Å². The van der Waals surface area contributed by atoms with Gasteiger partial charge in [-0.1, -0.05) is 6.07 Å². The van der Waals surface area contributed by atoms with Gasteiger partial charge in [0.1, 0.15) is 5.01 Å². The van der Waals surface area contributed by atoms with Crippen molar-refractivity contribution in [2.75, 3.05) is 6.54 Å². The predicted octanol–water partition coefficient (Wildman–Crippen LogP) is 1.94. The molecule has 0 amide bonds. The third-order valence-corrected chi connectivity index (χ3v) is 3.33. The highest BCUT2D eigenvalue weighted by Crippen LogP contribution is 2.25. The molecule has 2 N–H and O–H groups in total. The summed E-state index contributed by atoms with van der Waals surface area (Å²) in [6.45, 7) is 2.56. The molecule has 1 unspecified atom stereocenters. The van der Waals surface area contributed by atoms with E-state index in [0.717, 1.165) is 16.3 Å². The molecule has 2 rings (SSSR count). The molecule has 2 aromatic heterocycles. The van der Waals surface area contributed by atoms with Gasteiger partial charge in [0, 0.05) is 35.9 Å². The Morgan fingerprint density at radius 3 is 2.93 bits per heavy atom. The lowest BCUT2D eigenvalue weighted by atomic mass is 10.0. The zero-order valence-corrected chi connectivity index (χ0v) is 9.37. The van der Waals surface area contributed by atoms with Gasteiger partial charge in [0.2, 0.25) is 0 Å². The molecule has 0 radical (unpaired) electrons. The van der Waals surface area contributed by atoms with E-state index in [-0.39, 0.29) is 5.92 Å². The number of nitrogens with two attached hydrogens (primary N) is 1. The summed E-state index contributed by atoms with van der Waals surface area (Å²) in [6.07, 6.45) is 3.62. The van der Waals surface area contributed by atoms with E-state index in [1.807, 2.05) is 30.6 Å². The number of aryl methyl sites for hydroxylation is 1. The Balaban J connectivity index is 2.33. The van der Waals surface area contributed by atoms with Crippen molar-refractivity contribution in [2.24, 2.45) is 5.73 Å². The first-order valence-corrected chi connectivity index (χ1v) is 5.71. The smallest absolute Gasteiger partial charge is 0.102 e. The number of nitrogens with zero attached hydrogens (tertiary/aromatic N) is 2. The van der Waals surface area contributed by atoms with E-state index in [4.69, 9.17) is 5.73 Å². The Hall–Kier alpha value is -1.26. The third kappa shape index (κ3) is 2.22. The number of pyridine rings is 1. The lowest BCUT2D eigenvalue weighted by molar-refractivity contribution is 0.801. The minimum Gasteiger partial charge on any atom is -0.329 e. The van der Waals surface area contributed by atoms with Crippen LogP contribution in [0.25, 0.3) is 0 Å². The Morgan fingerprint density at radius 2 is 2.40 bits per heavy atom. The second kappa shape index (κ2) is 4.51. The minimum absolute atomic E-state index is 0.178. The number of aromatic nitrogens is 2. The zero-order chi connectivity index (χ0) is 10.7. The maximum Gasteiger partial charge on any atom is 0.102 e. The van der Waals surface area contributed by atoms with Crippen LogP contribution < -0.4 is 5.73 Å². The molecule has 0 aliphatic rings. The lowest BCUT2D eigenvalue weighted by Crippen LogP contribution is -2.13. The highest BCUT2D eigenvalue weighted by molar-refractivity contribution is 7.09. The third-order valence-electron chi connectivity index (χ3n) is 2.26. The average molecular weight is 219 g/mol. The molecular weight excluding hydrogens is 206 g/mol. The molecule has 2 aromatic rings. The molecule has 0 aromatic carbocycles. The van der Waals surface area contributed by atoms with E-state index in [1.165, 1.54) is 0 Å². The SMILES string of the molecule is Cc1csc(C(CN)c2cccnc2)n1. The molecule has 0 saturated carbocycles. The number of rotatable bonds is 3. The monoisotopic (exact) mass is 219 g/mol. The van der Waals surface area contributed by atoms with Gasteiger partial charge in [0.05, 0.1) is 0 Å². The van der Waals surface area contributed by atoms with Crippen LogP contribution in [-0.4, -0.2) is 16.5 Å². The van der Waals surface area contributed by atoms with Crippen LogP contribution in [0.2, 0.25) is 0 Å². The fourth-order valence-electron chi connectivity index (χ4n) is 1.49. The Morgan fingerprint density at radius 1 is 1.53 bits per heavy atom. The van der Waals surface area contributed by atoms with E-state index in [1.54, 1.807) is 17.5 Å². The van der Waals surface area contributed by atoms with Gasteiger partial charge in [-0.2, -0.15) is 0 Å². The molecular formula is C11H13N3S. The number of hydrogen-bond donors (Lipinski definition) is 1. The highest BCUT2D eigenvalue weighted by Gasteiger charge is 2.15. The first-order valence-electron chi connectivity index (χ1n) is 4.83. The van der Waals surface area contributed by atoms with E-state index < -0.39 is 0 Å². The molecule has 0 aliphatic carbocycles. The first kappa shape index (κ1) is 10.3. The fraction of sp³-hybridized carbons (Fsp3) is 0.273. The van der Waals surface area contributed by atoms with Crippen LogP contribution >= 0.6 is 11.3 Å². The molecule has 1 atom stereocenters. The topological polar surface area (TPSA) is 51.8 Å². The normalized spacial score (nSPS) is 12.7. The van der Waals surface area contributed by atoms with Crippen LogP contribution in [0.1, 0.15) is 22.2 Å². The molecule has 4 heteroatoms. The van der Waals surface area contributed by atoms with Crippen molar-refractivity contribution < 1.29 is 0 Å². The van der Waals surface area contributed by atoms with Gasteiger partial charge < -0.3 is 5.73 Å². The molecule has 0 bridgehead atoms. The molecule has 0 spiro atoms. The summed E-state index contributed by atoms with van der Waals surface area (Å²) in [5.74, 6) is 0.178. The number of hydrogen-bond acceptors (Lipinski definition) is 4. The van der Waals surface area contributed by atoms with E-state index >= 15 is 0 Å². The van der Waals surface area contributed by atoms with Crippen LogP contribution in [-0.2, 0) is 0 Å². The van der Waals surface area contributed by atoms with Crippen molar-refractivity contribution >= 4 is 11.3 Å². The molecule has 15 heavy (non-hydrogen) atoms. The van der Waals surface area contributed by atoms with Crippen LogP contribution in [0.15, 0.2) is 29.9 Å². The second-order valence-corrected chi connectivity index (χ2v) is 4.29. The minimum atomic E-state index is 0.178. The van der Waals surface area contributed by atoms with Crippen molar-refractivity contribution in [2.45, 2.75) is 12.8 Å². The fourth-order valence-corrected chi connectivity index (χ4v) is 2.43. The summed E-state index contributed by atoms with van der Waals surface area (Å²) in [7, 11) is 0. The summed E-state index contributed by atoms with van der Waals surface area (Å²) >= 11 is 1.66. The number of thiazole rings is 1. The zero-order valence-electron chi connectivity index (χ0n) is 8.55. The van der Waals surface area contributed by atoms with Crippen molar-refractivity contribution in [3.8, 4) is 0 Å². The Kier molecular flexibility index (Phi) is 3.08. The van der Waals surface area contributed by atoms with Crippen molar-refractivity contribution in [3.05, 3.63) is 46.2 Å². The predicted molar refractivity (Wildman–Crippen MR) is 62.0 cm³/mol. The molecule has 0 fully saturated rings. The molecule has 3 nitrogen and oxygen atoms in total. The van der Waals surface area contributed by atoms with Gasteiger partial charge in [0.15, 0.2) is 0 Å². The maximum absolute atomic E-state index is 5.78. The van der Waals surface area contributed by atoms with Gasteiger partial charge in [-0.25, -0.2) is 4.98 Å². The van der Waals surface area contributed by atoms with E-state index in [9.17, 15) is 0 Å². The van der Waals surface area contributed by atoms with Gasteiger partial charge in [-0.05, 0) is 18.6 Å². The highest BCUT2D eigenvalue weighted by atomic mass is 32.1. The summed E-state index contributed by atoms with van der Waals surface area (Å²) in [5.41, 5.74) is 7.97. The molecule has 2 heterocycles. The van der Waals surface area contributed by atoms with Crippen LogP contribution in [0.4, 0.5) is 0 Å². The van der Waals surface area contributed by atoms with E-state index in [0.29, 0.717) is 6.54 Å². The summed E-state index contributed by atoms with van der Waals surface area (Å²) in [5, 5.41) is 3.12. The summed E-state index contributed by atoms with van der Waals surface area (Å²) in [4.78, 5) is 8.58. The van der Waals surface area contributed by atoms with E-state index in [2.05, 4.69) is 9.97 Å². The van der Waals surface area contributed by atoms with Crippen LogP contribution in [0.5, 0.6) is 0 Å². The standard InChI is InChI=1S/C11H13N3S/c1-8-7-15-11(14-8)10(5-12)9-3-2-4-13-6-9/h2-4,6-7,10H,5,12H2,1H3. The quantitative estimate of drug-likeness (QED) is 0.858. The second-order valence-electron chi connectivity index (χ2n) is 3.40. The largest absolute Gasteiger partial charge is 0.329 e. The molecule has 78 valence electrons. The first-order chi connectivity index (χ1) is 7.31. The van der Waals surface area contributed by atoms with Crippen molar-refractivity contribution in [1.82, 2.24) is 9.97 Å². The Labute approximate surface area is 93.0 Å². The summed E-state index contributed by atoms with van der Waals surface area (Å²) < 4.78 is 0. The van der Waals surface area contributed by atoms with Gasteiger partial charge >= 0.3 is 0 Å². The van der Waals surface area contributed by atoms with Gasteiger partial charge in [0.25, 0.3) is 0 Å². The Bertz CT molecular complexity index is 424. The molecule has 0 saturated heterocycles. The summed E-state index contributed by atoms with van der Waals surface area (Å²) in [6, 6.07) is 3.97.